The molecule has 0 radical (unpaired) electrons. The van der Waals surface area contributed by atoms with Crippen LogP contribution in [0.4, 0.5) is 0 Å². The molecule has 2 aliphatic rings. The molecule has 3 N–H and O–H groups in total. The number of aromatic nitrogens is 3. The number of fused-ring (bicyclic) bond motifs is 8. The van der Waals surface area contributed by atoms with Gasteiger partial charge in [-0.2, -0.15) is 0 Å². The first-order valence-electron chi connectivity index (χ1n) is 13.7. The van der Waals surface area contributed by atoms with E-state index in [1.807, 2.05) is 58.1 Å². The van der Waals surface area contributed by atoms with Crippen LogP contribution in [0.5, 0.6) is 0 Å². The number of hydrogen-bond acceptors (Lipinski definition) is 3. The van der Waals surface area contributed by atoms with Crippen LogP contribution in [0.25, 0.3) is 35.9 Å². The van der Waals surface area contributed by atoms with Gasteiger partial charge in [0, 0.05) is 18.8 Å². The van der Waals surface area contributed by atoms with Crippen LogP contribution in [0, 0.1) is 26.7 Å². The Morgan fingerprint density at radius 1 is 0.791 bits per heavy atom. The minimum atomic E-state index is -0.916. The first-order valence-corrected chi connectivity index (χ1v) is 13.7. The smallest absolute Gasteiger partial charge is 0.661 e. The summed E-state index contributed by atoms with van der Waals surface area (Å²) in [6, 6.07) is 0. The van der Waals surface area contributed by atoms with Crippen LogP contribution < -0.4 is 36.2 Å². The molecule has 3 aromatic rings. The predicted octanol–water partition coefficient (Wildman–Crippen LogP) is 2.07. The van der Waals surface area contributed by atoms with E-state index in [0.29, 0.717) is 44.0 Å². The van der Waals surface area contributed by atoms with Crippen LogP contribution in [0.3, 0.4) is 0 Å². The van der Waals surface area contributed by atoms with E-state index in [9.17, 15) is 24.9 Å². The second-order valence-corrected chi connectivity index (χ2v) is 10.7. The summed E-state index contributed by atoms with van der Waals surface area (Å²) in [5.74, 6) is -1.98. The van der Waals surface area contributed by atoms with Crippen LogP contribution in [-0.4, -0.2) is 27.3 Å². The molecule has 5 rings (SSSR count). The SMILES string of the molecule is C=C[C@H]1C2=Cc3[n-]c(c(CCC(=O)O)c3C)C=c3[n-]c(c(C)c3CCC(=O)O)=Cc3[n-]c(/c(=C/O)c3C)=CC(=C1C)[N-]2.[Fe+4]. The van der Waals surface area contributed by atoms with E-state index >= 15 is 0 Å². The van der Waals surface area contributed by atoms with Crippen LogP contribution >= 0.6 is 0 Å². The molecule has 0 aliphatic carbocycles. The predicted molar refractivity (Wildman–Crippen MR) is 160 cm³/mol. The molecule has 0 unspecified atom stereocenters. The summed E-state index contributed by atoms with van der Waals surface area (Å²) in [5, 5.41) is 36.2. The molecule has 0 aromatic carbocycles. The zero-order chi connectivity index (χ0) is 30.3. The van der Waals surface area contributed by atoms with Gasteiger partial charge >= 0.3 is 29.0 Å². The van der Waals surface area contributed by atoms with Crippen molar-refractivity contribution in [1.82, 2.24) is 15.0 Å². The van der Waals surface area contributed by atoms with E-state index in [1.54, 1.807) is 0 Å². The fourth-order valence-corrected chi connectivity index (χ4v) is 5.66. The summed E-state index contributed by atoms with van der Waals surface area (Å²) >= 11 is 0. The number of carboxylic acids is 2. The van der Waals surface area contributed by atoms with Gasteiger partial charge in [0.05, 0.1) is 6.26 Å². The van der Waals surface area contributed by atoms with E-state index in [0.717, 1.165) is 45.3 Å². The van der Waals surface area contributed by atoms with E-state index < -0.39 is 11.9 Å². The Labute approximate surface area is 259 Å². The molecule has 8 bridgehead atoms. The summed E-state index contributed by atoms with van der Waals surface area (Å²) in [5.41, 5.74) is 8.38. The van der Waals surface area contributed by atoms with Gasteiger partial charge in [0.15, 0.2) is 0 Å². The number of aliphatic hydroxyl groups excluding tert-OH is 1. The van der Waals surface area contributed by atoms with Crippen molar-refractivity contribution >= 4 is 42.5 Å². The minimum absolute atomic E-state index is 0. The fraction of sp³-hybridized carbons (Fsp3) is 0.273. The quantitative estimate of drug-likeness (QED) is 0.268. The van der Waals surface area contributed by atoms with Crippen LogP contribution in [0.2, 0.25) is 0 Å². The molecule has 10 heteroatoms. The maximum Gasteiger partial charge on any atom is 4.00 e. The number of aliphatic hydroxyl groups is 1. The molecule has 3 aromatic heterocycles. The Kier molecular flexibility index (Phi) is 9.13. The van der Waals surface area contributed by atoms with Crippen LogP contribution in [0.1, 0.15) is 64.7 Å². The monoisotopic (exact) mass is 620 g/mol. The molecule has 0 amide bonds. The zero-order valence-corrected chi connectivity index (χ0v) is 25.5. The molecule has 2 aliphatic heterocycles. The Balaban J connectivity index is 0.00000423. The molecule has 1 atom stereocenters. The number of rotatable bonds is 7. The second-order valence-electron chi connectivity index (χ2n) is 10.7. The van der Waals surface area contributed by atoms with Crippen molar-refractivity contribution in [2.24, 2.45) is 5.92 Å². The number of hydrogen-bond donors (Lipinski definition) is 3. The van der Waals surface area contributed by atoms with Gasteiger partial charge in [-0.05, 0) is 45.8 Å². The number of allylic oxidation sites excluding steroid dienone is 2. The number of carbonyl (C=O) groups is 2. The number of aliphatic carboxylic acids is 2. The van der Waals surface area contributed by atoms with Gasteiger partial charge in [0.2, 0.25) is 0 Å². The third-order valence-corrected chi connectivity index (χ3v) is 8.17. The Bertz CT molecular complexity index is 1950. The average Bonchev–Trinajstić information content (AvgIpc) is 3.59. The summed E-state index contributed by atoms with van der Waals surface area (Å²) < 4.78 is 0. The molecule has 0 saturated carbocycles. The van der Waals surface area contributed by atoms with Crippen LogP contribution in [-0.2, 0) is 39.5 Å². The van der Waals surface area contributed by atoms with Crippen molar-refractivity contribution in [3.63, 3.8) is 0 Å². The Morgan fingerprint density at radius 2 is 1.42 bits per heavy atom. The molecule has 9 nitrogen and oxygen atoms in total. The summed E-state index contributed by atoms with van der Waals surface area (Å²) in [6.45, 7) is 11.7. The van der Waals surface area contributed by atoms with Gasteiger partial charge in [0.1, 0.15) is 0 Å². The van der Waals surface area contributed by atoms with E-state index in [1.165, 1.54) is 0 Å². The van der Waals surface area contributed by atoms with Crippen molar-refractivity contribution in [1.29, 1.82) is 0 Å². The standard InChI is InChI=1S/C33H32N4O5.Fe/c1-6-20-16(2)26-13-31-23(15-38)19(5)25(37-31)11-24-17(3)21(7-9-32(39)40)29(35-24)14-30-22(8-10-33(41)42)18(4)27(36-30)12-28(20)34-26;/h6,11-15,20,38H,1,7-10H2,2-5H3,(H,39,40)(H,41,42);/q-4;+4/b23-15+,24-11?,28-12?,29-14?,31-13?;/t20-;/m1./s1. The fourth-order valence-electron chi connectivity index (χ4n) is 5.66. The molecule has 0 fully saturated rings. The third-order valence-electron chi connectivity index (χ3n) is 8.17. The summed E-state index contributed by atoms with van der Waals surface area (Å²) in [6.07, 6.45) is 10.7. The van der Waals surface area contributed by atoms with Crippen molar-refractivity contribution in [2.45, 2.75) is 53.4 Å². The van der Waals surface area contributed by atoms with Gasteiger partial charge in [-0.3, -0.25) is 9.59 Å². The first kappa shape index (κ1) is 31.5. The molecule has 5 heterocycles. The second kappa shape index (κ2) is 12.5. The Morgan fingerprint density at radius 3 is 2.05 bits per heavy atom. The maximum absolute atomic E-state index is 11.5. The van der Waals surface area contributed by atoms with Crippen molar-refractivity contribution in [3.05, 3.63) is 101 Å². The zero-order valence-electron chi connectivity index (χ0n) is 24.4. The number of nitrogens with zero attached hydrogens (tertiary/aromatic N) is 4. The summed E-state index contributed by atoms with van der Waals surface area (Å²) in [4.78, 5) is 37.6. The van der Waals surface area contributed by atoms with E-state index in [-0.39, 0.29) is 48.7 Å². The topological polar surface area (TPSA) is 151 Å². The van der Waals surface area contributed by atoms with Crippen molar-refractivity contribution in [2.75, 3.05) is 0 Å². The Hall–Kier alpha value is -4.40. The van der Waals surface area contributed by atoms with Crippen molar-refractivity contribution < 1.29 is 42.0 Å². The maximum atomic E-state index is 11.5. The van der Waals surface area contributed by atoms with E-state index in [2.05, 4.69) is 6.58 Å². The van der Waals surface area contributed by atoms with Crippen LogP contribution in [0.15, 0.2) is 29.6 Å². The molecular weight excluding hydrogens is 588 g/mol. The summed E-state index contributed by atoms with van der Waals surface area (Å²) in [7, 11) is 0. The first-order chi connectivity index (χ1) is 20.0. The molecular formula is C33H32FeN4O5. The van der Waals surface area contributed by atoms with Gasteiger partial charge in [0.25, 0.3) is 0 Å². The minimum Gasteiger partial charge on any atom is -0.661 e. The van der Waals surface area contributed by atoms with Gasteiger partial charge in [-0.25, -0.2) is 0 Å². The normalized spacial score (nSPS) is 16.0. The molecule has 222 valence electrons. The van der Waals surface area contributed by atoms with Gasteiger partial charge in [-0.1, -0.05) is 63.8 Å². The van der Waals surface area contributed by atoms with Gasteiger partial charge < -0.3 is 35.6 Å². The molecule has 0 spiro atoms. The average molecular weight is 620 g/mol. The van der Waals surface area contributed by atoms with E-state index in [4.69, 9.17) is 20.3 Å². The molecule has 43 heavy (non-hydrogen) atoms. The number of carboxylic acid groups (broad SMARTS) is 2. The van der Waals surface area contributed by atoms with Crippen molar-refractivity contribution in [3.8, 4) is 0 Å². The largest absolute Gasteiger partial charge is 4.00 e. The molecule has 0 saturated heterocycles. The third kappa shape index (κ3) is 5.94. The van der Waals surface area contributed by atoms with Gasteiger partial charge in [-0.15, -0.1) is 51.1 Å².